The van der Waals surface area contributed by atoms with Crippen molar-refractivity contribution in [2.24, 2.45) is 0 Å². The molecule has 0 saturated carbocycles. The standard InChI is InChI=1S/C22H28N4O5/c1-12-10-14(25-6-8-30-9-7-25)11-15-17(12)24-19(16-18(27)13(2)23-20(16)28)26(15)21(29)31-22(3,4)5/h10-11,13,27H,6-9H2,1-5H3,(H,23,28)/t13-/m1/s1. The van der Waals surface area contributed by atoms with Gasteiger partial charge in [0.05, 0.1) is 30.3 Å². The second-order valence-corrected chi connectivity index (χ2v) is 8.94. The molecule has 1 saturated heterocycles. The Morgan fingerprint density at radius 1 is 1.29 bits per heavy atom. The van der Waals surface area contributed by atoms with E-state index in [0.29, 0.717) is 24.2 Å². The molecule has 4 rings (SSSR count). The molecule has 9 heteroatoms. The van der Waals surface area contributed by atoms with Gasteiger partial charge < -0.3 is 24.8 Å². The zero-order valence-corrected chi connectivity index (χ0v) is 18.5. The Morgan fingerprint density at radius 2 is 1.97 bits per heavy atom. The van der Waals surface area contributed by atoms with Gasteiger partial charge in [0, 0.05) is 18.8 Å². The lowest BCUT2D eigenvalue weighted by Crippen LogP contribution is -2.36. The number of ether oxygens (including phenoxy) is 2. The highest BCUT2D eigenvalue weighted by Gasteiger charge is 2.36. The second kappa shape index (κ2) is 7.56. The summed E-state index contributed by atoms with van der Waals surface area (Å²) in [4.78, 5) is 32.6. The molecule has 0 aliphatic carbocycles. The fourth-order valence-corrected chi connectivity index (χ4v) is 3.88. The molecule has 2 aliphatic rings. The van der Waals surface area contributed by atoms with Gasteiger partial charge in [-0.2, -0.15) is 0 Å². The maximum atomic E-state index is 13.2. The number of hydrogen-bond acceptors (Lipinski definition) is 7. The molecule has 1 aromatic carbocycles. The van der Waals surface area contributed by atoms with E-state index in [-0.39, 0.29) is 17.2 Å². The lowest BCUT2D eigenvalue weighted by atomic mass is 10.1. The van der Waals surface area contributed by atoms with Crippen molar-refractivity contribution in [3.8, 4) is 0 Å². The summed E-state index contributed by atoms with van der Waals surface area (Å²) in [6.45, 7) is 11.6. The second-order valence-electron chi connectivity index (χ2n) is 8.94. The number of imidazole rings is 1. The minimum atomic E-state index is -0.747. The molecule has 0 radical (unpaired) electrons. The van der Waals surface area contributed by atoms with Crippen LogP contribution in [-0.4, -0.2) is 64.6 Å². The molecule has 31 heavy (non-hydrogen) atoms. The van der Waals surface area contributed by atoms with E-state index in [1.165, 1.54) is 4.57 Å². The van der Waals surface area contributed by atoms with Gasteiger partial charge in [0.25, 0.3) is 5.91 Å². The van der Waals surface area contributed by atoms with Gasteiger partial charge in [0.1, 0.15) is 16.9 Å². The monoisotopic (exact) mass is 428 g/mol. The van der Waals surface area contributed by atoms with E-state index in [2.05, 4.69) is 15.2 Å². The van der Waals surface area contributed by atoms with Crippen LogP contribution in [0.4, 0.5) is 10.5 Å². The van der Waals surface area contributed by atoms with Crippen LogP contribution in [0, 0.1) is 6.92 Å². The van der Waals surface area contributed by atoms with Crippen LogP contribution >= 0.6 is 0 Å². The number of fused-ring (bicyclic) bond motifs is 1. The number of aliphatic hydroxyl groups excluding tert-OH is 1. The highest BCUT2D eigenvalue weighted by molar-refractivity contribution is 6.22. The highest BCUT2D eigenvalue weighted by Crippen LogP contribution is 2.33. The molecular formula is C22H28N4O5. The van der Waals surface area contributed by atoms with E-state index < -0.39 is 23.6 Å². The van der Waals surface area contributed by atoms with Crippen LogP contribution in [0.25, 0.3) is 16.6 Å². The Hall–Kier alpha value is -3.07. The molecule has 0 spiro atoms. The molecule has 1 amide bonds. The van der Waals surface area contributed by atoms with Crippen LogP contribution in [0.3, 0.4) is 0 Å². The molecule has 0 bridgehead atoms. The van der Waals surface area contributed by atoms with E-state index in [4.69, 9.17) is 9.47 Å². The molecule has 166 valence electrons. The Bertz CT molecular complexity index is 1090. The minimum Gasteiger partial charge on any atom is -0.509 e. The number of rotatable bonds is 2. The summed E-state index contributed by atoms with van der Waals surface area (Å²) in [5.41, 5.74) is 2.13. The van der Waals surface area contributed by atoms with Gasteiger partial charge in [-0.15, -0.1) is 0 Å². The molecule has 0 unspecified atom stereocenters. The summed E-state index contributed by atoms with van der Waals surface area (Å²) in [5.74, 6) is -0.543. The maximum absolute atomic E-state index is 13.2. The number of nitrogens with one attached hydrogen (secondary N) is 1. The third-order valence-electron chi connectivity index (χ3n) is 5.35. The number of benzene rings is 1. The van der Waals surface area contributed by atoms with Crippen molar-refractivity contribution in [2.45, 2.75) is 46.3 Å². The van der Waals surface area contributed by atoms with Crippen LogP contribution in [-0.2, 0) is 14.3 Å². The summed E-state index contributed by atoms with van der Waals surface area (Å²) in [5, 5.41) is 13.2. The first-order chi connectivity index (χ1) is 14.6. The van der Waals surface area contributed by atoms with Crippen molar-refractivity contribution in [3.05, 3.63) is 29.3 Å². The van der Waals surface area contributed by atoms with Gasteiger partial charge >= 0.3 is 6.09 Å². The van der Waals surface area contributed by atoms with Gasteiger partial charge in [0.15, 0.2) is 5.82 Å². The SMILES string of the molecule is Cc1cc(N2CCOCC2)cc2c1nc(C1=C(O)[C@@H](C)NC1=O)n2C(=O)OC(C)(C)C. The van der Waals surface area contributed by atoms with Gasteiger partial charge in [-0.1, -0.05) is 0 Å². The lowest BCUT2D eigenvalue weighted by molar-refractivity contribution is -0.115. The zero-order valence-electron chi connectivity index (χ0n) is 18.5. The molecular weight excluding hydrogens is 400 g/mol. The third-order valence-corrected chi connectivity index (χ3v) is 5.35. The van der Waals surface area contributed by atoms with E-state index in [0.717, 1.165) is 24.3 Å². The van der Waals surface area contributed by atoms with Gasteiger partial charge in [-0.25, -0.2) is 14.3 Å². The first-order valence-electron chi connectivity index (χ1n) is 10.4. The molecule has 3 heterocycles. The van der Waals surface area contributed by atoms with Crippen molar-refractivity contribution >= 4 is 34.3 Å². The zero-order chi connectivity index (χ0) is 22.5. The van der Waals surface area contributed by atoms with Crippen LogP contribution in [0.1, 0.15) is 39.1 Å². The minimum absolute atomic E-state index is 0.0121. The number of hydrogen-bond donors (Lipinski definition) is 2. The Balaban J connectivity index is 1.94. The van der Waals surface area contributed by atoms with Crippen molar-refractivity contribution in [1.29, 1.82) is 0 Å². The smallest absolute Gasteiger partial charge is 0.420 e. The molecule has 2 N–H and O–H groups in total. The number of morpholine rings is 1. The molecule has 1 atom stereocenters. The Labute approximate surface area is 180 Å². The quantitative estimate of drug-likeness (QED) is 0.758. The first kappa shape index (κ1) is 21.2. The third kappa shape index (κ3) is 3.85. The van der Waals surface area contributed by atoms with E-state index in [9.17, 15) is 14.7 Å². The highest BCUT2D eigenvalue weighted by atomic mass is 16.6. The number of anilines is 1. The van der Waals surface area contributed by atoms with Gasteiger partial charge in [-0.05, 0) is 52.3 Å². The predicted octanol–water partition coefficient (Wildman–Crippen LogP) is 2.75. The summed E-state index contributed by atoms with van der Waals surface area (Å²) in [7, 11) is 0. The molecule has 2 aliphatic heterocycles. The largest absolute Gasteiger partial charge is 0.509 e. The Kier molecular flexibility index (Phi) is 5.17. The maximum Gasteiger partial charge on any atom is 0.420 e. The average Bonchev–Trinajstić information content (AvgIpc) is 3.18. The first-order valence-corrected chi connectivity index (χ1v) is 10.4. The summed E-state index contributed by atoms with van der Waals surface area (Å²) in [6, 6.07) is 3.33. The summed E-state index contributed by atoms with van der Waals surface area (Å²) in [6.07, 6.45) is -0.656. The van der Waals surface area contributed by atoms with Gasteiger partial charge in [0.2, 0.25) is 0 Å². The van der Waals surface area contributed by atoms with Crippen LogP contribution < -0.4 is 10.2 Å². The van der Waals surface area contributed by atoms with Crippen molar-refractivity contribution in [1.82, 2.24) is 14.9 Å². The Morgan fingerprint density at radius 3 is 2.55 bits per heavy atom. The summed E-state index contributed by atoms with van der Waals surface area (Å²) >= 11 is 0. The van der Waals surface area contributed by atoms with Crippen molar-refractivity contribution < 1.29 is 24.2 Å². The van der Waals surface area contributed by atoms with Gasteiger partial charge in [-0.3, -0.25) is 4.79 Å². The lowest BCUT2D eigenvalue weighted by Gasteiger charge is -2.29. The molecule has 1 fully saturated rings. The topological polar surface area (TPSA) is 106 Å². The number of aliphatic hydroxyl groups is 1. The number of aryl methyl sites for hydroxylation is 1. The van der Waals surface area contributed by atoms with E-state index in [1.54, 1.807) is 27.7 Å². The number of aromatic nitrogens is 2. The van der Waals surface area contributed by atoms with E-state index in [1.807, 2.05) is 19.1 Å². The molecule has 2 aromatic rings. The van der Waals surface area contributed by atoms with Crippen molar-refractivity contribution in [3.63, 3.8) is 0 Å². The fraction of sp³-hybridized carbons (Fsp3) is 0.500. The molecule has 9 nitrogen and oxygen atoms in total. The number of carbonyl (C=O) groups is 2. The summed E-state index contributed by atoms with van der Waals surface area (Å²) < 4.78 is 12.4. The van der Waals surface area contributed by atoms with Crippen molar-refractivity contribution in [2.75, 3.05) is 31.2 Å². The van der Waals surface area contributed by atoms with Crippen LogP contribution in [0.2, 0.25) is 0 Å². The average molecular weight is 428 g/mol. The number of nitrogens with zero attached hydrogens (tertiary/aromatic N) is 3. The van der Waals surface area contributed by atoms with Crippen LogP contribution in [0.5, 0.6) is 0 Å². The predicted molar refractivity (Wildman–Crippen MR) is 116 cm³/mol. The van der Waals surface area contributed by atoms with E-state index >= 15 is 0 Å². The number of amides is 1. The number of carbonyl (C=O) groups excluding carboxylic acids is 2. The molecule has 1 aromatic heterocycles. The van der Waals surface area contributed by atoms with Crippen LogP contribution in [0.15, 0.2) is 17.9 Å². The fourth-order valence-electron chi connectivity index (χ4n) is 3.88. The normalized spacial score (nSPS) is 19.8.